The van der Waals surface area contributed by atoms with Gasteiger partial charge in [-0.25, -0.2) is 9.97 Å². The van der Waals surface area contributed by atoms with Gasteiger partial charge in [0, 0.05) is 73.0 Å². The number of nitrogens with one attached hydrogen (secondary N) is 2. The van der Waals surface area contributed by atoms with Crippen molar-refractivity contribution in [2.45, 2.75) is 57.3 Å². The molecule has 2 aliphatic heterocycles. The molecular formula is C36H40Cl2N6O4. The standard InChI is InChI=1S/C36H40Cl2N6O4/c1-36(46)14-16-44(17-15-36)21-22-10-12-28(42-34(22)47-2)26-8-4-6-24(32(26)37)25-7-5-9-27(33(25)38)29-20-40-30(35(43-29)48-3)19-39-18-23-11-13-31(45)41-23/h4-10,12,20,23,39,46H,11,13-19,21H2,1-3H3,(H,41,45)/t23-/m0/s1. The van der Waals surface area contributed by atoms with Gasteiger partial charge >= 0.3 is 0 Å². The van der Waals surface area contributed by atoms with Crippen molar-refractivity contribution in [3.8, 4) is 45.4 Å². The predicted molar refractivity (Wildman–Crippen MR) is 187 cm³/mol. The van der Waals surface area contributed by atoms with E-state index in [0.29, 0.717) is 70.5 Å². The summed E-state index contributed by atoms with van der Waals surface area (Å²) in [6, 6.07) is 15.6. The molecule has 12 heteroatoms. The first-order chi connectivity index (χ1) is 23.2. The summed E-state index contributed by atoms with van der Waals surface area (Å²) in [6.45, 7) is 5.30. The minimum Gasteiger partial charge on any atom is -0.481 e. The van der Waals surface area contributed by atoms with E-state index in [4.69, 9.17) is 42.6 Å². The summed E-state index contributed by atoms with van der Waals surface area (Å²) in [5.41, 5.74) is 5.23. The fourth-order valence-corrected chi connectivity index (χ4v) is 6.88. The Labute approximate surface area is 290 Å². The molecule has 252 valence electrons. The SMILES string of the molecule is COc1nc(-c2cccc(-c3cccc(-c4cnc(CNC[C@@H]5CCC(=O)N5)c(OC)n4)c3Cl)c2Cl)ccc1CN1CCC(C)(O)CC1. The van der Waals surface area contributed by atoms with Crippen molar-refractivity contribution >= 4 is 29.1 Å². The molecule has 0 bridgehead atoms. The molecule has 0 saturated carbocycles. The number of hydrogen-bond donors (Lipinski definition) is 3. The highest BCUT2D eigenvalue weighted by molar-refractivity contribution is 6.39. The van der Waals surface area contributed by atoms with Crippen molar-refractivity contribution < 1.29 is 19.4 Å². The topological polar surface area (TPSA) is 122 Å². The number of rotatable bonds is 11. The molecular weight excluding hydrogens is 651 g/mol. The van der Waals surface area contributed by atoms with E-state index in [1.807, 2.05) is 55.5 Å². The van der Waals surface area contributed by atoms with Crippen molar-refractivity contribution in [3.63, 3.8) is 0 Å². The summed E-state index contributed by atoms with van der Waals surface area (Å²) < 4.78 is 11.3. The van der Waals surface area contributed by atoms with Crippen molar-refractivity contribution in [2.75, 3.05) is 33.9 Å². The number of carbonyl (C=O) groups excluding carboxylic acids is 1. The second-order valence-corrected chi connectivity index (χ2v) is 13.4. The van der Waals surface area contributed by atoms with E-state index in [2.05, 4.69) is 20.5 Å². The van der Waals surface area contributed by atoms with E-state index in [0.717, 1.165) is 54.6 Å². The average molecular weight is 692 g/mol. The van der Waals surface area contributed by atoms with Gasteiger partial charge in [-0.1, -0.05) is 65.7 Å². The summed E-state index contributed by atoms with van der Waals surface area (Å²) in [5, 5.41) is 17.6. The van der Waals surface area contributed by atoms with Gasteiger partial charge in [0.1, 0.15) is 5.69 Å². The van der Waals surface area contributed by atoms with Crippen molar-refractivity contribution in [2.24, 2.45) is 0 Å². The summed E-state index contributed by atoms with van der Waals surface area (Å²) in [6.07, 6.45) is 4.53. The lowest BCUT2D eigenvalue weighted by Gasteiger charge is -2.35. The molecule has 48 heavy (non-hydrogen) atoms. The van der Waals surface area contributed by atoms with Gasteiger partial charge in [-0.2, -0.15) is 0 Å². The van der Waals surface area contributed by atoms with Gasteiger partial charge in [-0.3, -0.25) is 14.7 Å². The first-order valence-electron chi connectivity index (χ1n) is 16.1. The van der Waals surface area contributed by atoms with Gasteiger partial charge in [0.25, 0.3) is 0 Å². The zero-order chi connectivity index (χ0) is 33.8. The maximum Gasteiger partial charge on any atom is 0.237 e. The number of aromatic nitrogens is 3. The third-order valence-corrected chi connectivity index (χ3v) is 9.89. The molecule has 4 aromatic rings. The number of carbonyl (C=O) groups is 1. The fraction of sp³-hybridized carbons (Fsp3) is 0.389. The van der Waals surface area contributed by atoms with Crippen molar-refractivity contribution in [1.82, 2.24) is 30.5 Å². The number of aliphatic hydroxyl groups is 1. The molecule has 6 rings (SSSR count). The van der Waals surface area contributed by atoms with E-state index in [9.17, 15) is 9.90 Å². The zero-order valence-electron chi connectivity index (χ0n) is 27.4. The van der Waals surface area contributed by atoms with E-state index in [1.165, 1.54) is 0 Å². The number of amides is 1. The zero-order valence-corrected chi connectivity index (χ0v) is 28.9. The van der Waals surface area contributed by atoms with Crippen LogP contribution in [0, 0.1) is 0 Å². The van der Waals surface area contributed by atoms with Crippen LogP contribution in [0.1, 0.15) is 43.9 Å². The Balaban J connectivity index is 1.23. The van der Waals surface area contributed by atoms with Gasteiger partial charge in [-0.15, -0.1) is 0 Å². The van der Waals surface area contributed by atoms with Gasteiger partial charge in [0.2, 0.25) is 17.7 Å². The average Bonchev–Trinajstić information content (AvgIpc) is 3.51. The molecule has 0 aliphatic carbocycles. The quantitative estimate of drug-likeness (QED) is 0.176. The Morgan fingerprint density at radius 3 is 2.19 bits per heavy atom. The maximum absolute atomic E-state index is 11.5. The van der Waals surface area contributed by atoms with E-state index in [1.54, 1.807) is 20.4 Å². The number of nitrogens with zero attached hydrogens (tertiary/aromatic N) is 4. The number of benzene rings is 2. The van der Waals surface area contributed by atoms with E-state index >= 15 is 0 Å². The van der Waals surface area contributed by atoms with Crippen LogP contribution in [0.4, 0.5) is 0 Å². The molecule has 0 unspecified atom stereocenters. The predicted octanol–water partition coefficient (Wildman–Crippen LogP) is 5.91. The van der Waals surface area contributed by atoms with Crippen LogP contribution in [0.25, 0.3) is 33.6 Å². The Hall–Kier alpha value is -3.80. The normalized spacial score (nSPS) is 17.7. The molecule has 2 saturated heterocycles. The molecule has 2 aromatic carbocycles. The first-order valence-corrected chi connectivity index (χ1v) is 16.9. The third-order valence-electron chi connectivity index (χ3n) is 9.07. The van der Waals surface area contributed by atoms with Crippen LogP contribution < -0.4 is 20.1 Å². The Kier molecular flexibility index (Phi) is 10.5. The van der Waals surface area contributed by atoms with Gasteiger partial charge < -0.3 is 25.2 Å². The number of methoxy groups -OCH3 is 2. The second kappa shape index (κ2) is 14.8. The van der Waals surface area contributed by atoms with Crippen LogP contribution in [0.3, 0.4) is 0 Å². The molecule has 2 aliphatic rings. The van der Waals surface area contributed by atoms with E-state index < -0.39 is 5.60 Å². The fourth-order valence-electron chi connectivity index (χ4n) is 6.23. The lowest BCUT2D eigenvalue weighted by molar-refractivity contribution is -0.119. The molecule has 4 heterocycles. The highest BCUT2D eigenvalue weighted by atomic mass is 35.5. The third kappa shape index (κ3) is 7.58. The molecule has 2 fully saturated rings. The first kappa shape index (κ1) is 34.1. The van der Waals surface area contributed by atoms with Crippen molar-refractivity contribution in [3.05, 3.63) is 76.0 Å². The van der Waals surface area contributed by atoms with Crippen LogP contribution in [0.2, 0.25) is 10.0 Å². The molecule has 2 aromatic heterocycles. The number of likely N-dealkylation sites (tertiary alicyclic amines) is 1. The highest BCUT2D eigenvalue weighted by Gasteiger charge is 2.28. The molecule has 1 atom stereocenters. The second-order valence-electron chi connectivity index (χ2n) is 12.6. The number of halogens is 2. The molecule has 0 radical (unpaired) electrons. The Bertz CT molecular complexity index is 1790. The lowest BCUT2D eigenvalue weighted by atomic mass is 9.93. The monoisotopic (exact) mass is 690 g/mol. The van der Waals surface area contributed by atoms with E-state index in [-0.39, 0.29) is 11.9 Å². The molecule has 10 nitrogen and oxygen atoms in total. The number of ether oxygens (including phenoxy) is 2. The number of hydrogen-bond acceptors (Lipinski definition) is 9. The van der Waals surface area contributed by atoms with Crippen LogP contribution in [0.5, 0.6) is 11.8 Å². The smallest absolute Gasteiger partial charge is 0.237 e. The summed E-state index contributed by atoms with van der Waals surface area (Å²) in [7, 11) is 3.19. The minimum absolute atomic E-state index is 0.0859. The molecule has 0 spiro atoms. The Morgan fingerprint density at radius 1 is 0.938 bits per heavy atom. The molecule has 3 N–H and O–H groups in total. The summed E-state index contributed by atoms with van der Waals surface area (Å²) in [4.78, 5) is 28.0. The summed E-state index contributed by atoms with van der Waals surface area (Å²) >= 11 is 14.1. The maximum atomic E-state index is 11.5. The number of piperidine rings is 1. The lowest BCUT2D eigenvalue weighted by Crippen LogP contribution is -2.42. The van der Waals surface area contributed by atoms with Crippen molar-refractivity contribution in [1.29, 1.82) is 0 Å². The van der Waals surface area contributed by atoms with Crippen LogP contribution >= 0.6 is 23.2 Å². The summed E-state index contributed by atoms with van der Waals surface area (Å²) in [5.74, 6) is 1.03. The largest absolute Gasteiger partial charge is 0.481 e. The van der Waals surface area contributed by atoms with Gasteiger partial charge in [-0.05, 0) is 32.3 Å². The van der Waals surface area contributed by atoms with Gasteiger partial charge in [0.15, 0.2) is 0 Å². The molecule has 1 amide bonds. The number of pyridine rings is 1. The highest BCUT2D eigenvalue weighted by Crippen LogP contribution is 2.42. The van der Waals surface area contributed by atoms with Crippen LogP contribution in [-0.2, 0) is 17.9 Å². The minimum atomic E-state index is -0.604. The Morgan fingerprint density at radius 2 is 1.56 bits per heavy atom. The van der Waals surface area contributed by atoms with Crippen LogP contribution in [-0.4, -0.2) is 76.4 Å². The van der Waals surface area contributed by atoms with Crippen LogP contribution in [0.15, 0.2) is 54.7 Å². The van der Waals surface area contributed by atoms with Gasteiger partial charge in [0.05, 0.1) is 47.5 Å².